The Morgan fingerprint density at radius 1 is 1.56 bits per heavy atom. The lowest BCUT2D eigenvalue weighted by atomic mass is 10.3. The van der Waals surface area contributed by atoms with Gasteiger partial charge in [0.15, 0.2) is 0 Å². The summed E-state index contributed by atoms with van der Waals surface area (Å²) in [5.41, 5.74) is 3.11. The molecule has 0 saturated carbocycles. The van der Waals surface area contributed by atoms with Crippen LogP contribution in [-0.2, 0) is 6.42 Å². The van der Waals surface area contributed by atoms with E-state index in [0.29, 0.717) is 11.3 Å². The van der Waals surface area contributed by atoms with Gasteiger partial charge in [0, 0.05) is 10.3 Å². The number of hydrazone groups is 1. The van der Waals surface area contributed by atoms with E-state index >= 15 is 0 Å². The number of carbonyl (C=O) groups is 1. The Labute approximate surface area is 109 Å². The van der Waals surface area contributed by atoms with Gasteiger partial charge in [-0.05, 0) is 31.5 Å². The fraction of sp³-hybridized carbons (Fsp3) is 0.231. The van der Waals surface area contributed by atoms with E-state index in [1.54, 1.807) is 17.4 Å². The predicted molar refractivity (Wildman–Crippen MR) is 72.2 cm³/mol. The largest absolute Gasteiger partial charge is 0.460 e. The summed E-state index contributed by atoms with van der Waals surface area (Å²) in [5, 5.41) is 5.69. The van der Waals surface area contributed by atoms with Gasteiger partial charge in [0.1, 0.15) is 11.5 Å². The van der Waals surface area contributed by atoms with E-state index in [0.717, 1.165) is 12.2 Å². The second-order valence-corrected chi connectivity index (χ2v) is 4.80. The maximum absolute atomic E-state index is 11.7. The minimum absolute atomic E-state index is 0.203. The van der Waals surface area contributed by atoms with Crippen LogP contribution in [0.25, 0.3) is 0 Å². The summed E-state index contributed by atoms with van der Waals surface area (Å²) in [4.78, 5) is 12.9. The Hall–Kier alpha value is -1.88. The van der Waals surface area contributed by atoms with Gasteiger partial charge in [-0.25, -0.2) is 5.43 Å². The highest BCUT2D eigenvalue weighted by Crippen LogP contribution is 2.14. The monoisotopic (exact) mass is 262 g/mol. The molecule has 1 N–H and O–H groups in total. The first-order valence-corrected chi connectivity index (χ1v) is 6.54. The number of amides is 1. The summed E-state index contributed by atoms with van der Waals surface area (Å²) in [6, 6.07) is 5.52. The van der Waals surface area contributed by atoms with E-state index in [1.165, 1.54) is 11.1 Å². The van der Waals surface area contributed by atoms with Crippen LogP contribution in [0.5, 0.6) is 0 Å². The lowest BCUT2D eigenvalue weighted by Crippen LogP contribution is -2.16. The molecule has 0 unspecified atom stereocenters. The van der Waals surface area contributed by atoms with Crippen molar-refractivity contribution in [1.29, 1.82) is 0 Å². The van der Waals surface area contributed by atoms with E-state index in [4.69, 9.17) is 4.42 Å². The molecule has 0 aliphatic carbocycles. The van der Waals surface area contributed by atoms with Crippen molar-refractivity contribution in [3.63, 3.8) is 0 Å². The third-order valence-electron chi connectivity index (χ3n) is 2.38. The Balaban J connectivity index is 1.93. The van der Waals surface area contributed by atoms with E-state index < -0.39 is 0 Å². The zero-order chi connectivity index (χ0) is 13.0. The maximum Gasteiger partial charge on any atom is 0.272 e. The van der Waals surface area contributed by atoms with Gasteiger partial charge in [-0.1, -0.05) is 6.92 Å². The van der Waals surface area contributed by atoms with Crippen LogP contribution in [0.2, 0.25) is 0 Å². The molecule has 2 heterocycles. The molecule has 0 saturated heterocycles. The predicted octanol–water partition coefficient (Wildman–Crippen LogP) is 2.98. The van der Waals surface area contributed by atoms with Crippen molar-refractivity contribution in [3.05, 3.63) is 45.5 Å². The van der Waals surface area contributed by atoms with Crippen LogP contribution in [0.1, 0.15) is 33.7 Å². The van der Waals surface area contributed by atoms with Crippen molar-refractivity contribution in [2.45, 2.75) is 20.3 Å². The normalized spacial score (nSPS) is 11.0. The molecule has 0 aromatic carbocycles. The summed E-state index contributed by atoms with van der Waals surface area (Å²) in [6.45, 7) is 3.92. The quantitative estimate of drug-likeness (QED) is 0.680. The molecule has 2 aromatic rings. The lowest BCUT2D eigenvalue weighted by Gasteiger charge is -1.94. The van der Waals surface area contributed by atoms with Crippen LogP contribution in [-0.4, -0.2) is 12.1 Å². The van der Waals surface area contributed by atoms with E-state index in [9.17, 15) is 4.79 Å². The molecule has 0 fully saturated rings. The van der Waals surface area contributed by atoms with Crippen molar-refractivity contribution in [2.24, 2.45) is 5.10 Å². The Kier molecular flexibility index (Phi) is 3.94. The molecule has 94 valence electrons. The van der Waals surface area contributed by atoms with Gasteiger partial charge in [-0.3, -0.25) is 4.79 Å². The van der Waals surface area contributed by atoms with E-state index in [-0.39, 0.29) is 5.91 Å². The highest BCUT2D eigenvalue weighted by atomic mass is 32.1. The third kappa shape index (κ3) is 3.07. The van der Waals surface area contributed by atoms with Gasteiger partial charge in [0.05, 0.1) is 11.8 Å². The van der Waals surface area contributed by atoms with E-state index in [2.05, 4.69) is 17.5 Å². The molecule has 4 nitrogen and oxygen atoms in total. The number of furan rings is 1. The SMILES string of the molecule is CCc1cc(C(=O)NN=Cc2ccc(C)o2)cs1. The fourth-order valence-electron chi connectivity index (χ4n) is 1.43. The van der Waals surface area contributed by atoms with Gasteiger partial charge in [-0.2, -0.15) is 5.10 Å². The molecular formula is C13H14N2O2S. The highest BCUT2D eigenvalue weighted by molar-refractivity contribution is 7.10. The Morgan fingerprint density at radius 2 is 2.39 bits per heavy atom. The van der Waals surface area contributed by atoms with Crippen molar-refractivity contribution >= 4 is 23.5 Å². The maximum atomic E-state index is 11.7. The molecule has 0 bridgehead atoms. The topological polar surface area (TPSA) is 54.6 Å². The van der Waals surface area contributed by atoms with Gasteiger partial charge in [-0.15, -0.1) is 11.3 Å². The minimum atomic E-state index is -0.203. The average molecular weight is 262 g/mol. The number of rotatable bonds is 4. The Morgan fingerprint density at radius 3 is 3.00 bits per heavy atom. The summed E-state index contributed by atoms with van der Waals surface area (Å²) in [7, 11) is 0. The summed E-state index contributed by atoms with van der Waals surface area (Å²) in [6.07, 6.45) is 2.42. The molecule has 0 atom stereocenters. The number of hydrogen-bond acceptors (Lipinski definition) is 4. The fourth-order valence-corrected chi connectivity index (χ4v) is 2.24. The molecule has 2 rings (SSSR count). The zero-order valence-corrected chi connectivity index (χ0v) is 11.1. The molecule has 18 heavy (non-hydrogen) atoms. The van der Waals surface area contributed by atoms with Crippen molar-refractivity contribution in [1.82, 2.24) is 5.43 Å². The van der Waals surface area contributed by atoms with Crippen molar-refractivity contribution < 1.29 is 9.21 Å². The van der Waals surface area contributed by atoms with Crippen LogP contribution in [0.15, 0.2) is 33.1 Å². The molecule has 2 aromatic heterocycles. The van der Waals surface area contributed by atoms with Gasteiger partial charge >= 0.3 is 0 Å². The first-order chi connectivity index (χ1) is 8.69. The van der Waals surface area contributed by atoms with Crippen LogP contribution < -0.4 is 5.43 Å². The van der Waals surface area contributed by atoms with Crippen LogP contribution in [0, 0.1) is 6.92 Å². The van der Waals surface area contributed by atoms with Gasteiger partial charge in [0.25, 0.3) is 5.91 Å². The molecule has 1 amide bonds. The number of hydrogen-bond donors (Lipinski definition) is 1. The summed E-state index contributed by atoms with van der Waals surface area (Å²) in [5.74, 6) is 1.23. The summed E-state index contributed by atoms with van der Waals surface area (Å²) >= 11 is 1.58. The van der Waals surface area contributed by atoms with Crippen LogP contribution in [0.3, 0.4) is 0 Å². The molecule has 5 heteroatoms. The number of thiophene rings is 1. The molecule has 0 spiro atoms. The standard InChI is InChI=1S/C13H14N2O2S/c1-3-12-6-10(8-18-12)13(16)15-14-7-11-5-4-9(2)17-11/h4-8H,3H2,1-2H3,(H,15,16). The minimum Gasteiger partial charge on any atom is -0.460 e. The van der Waals surface area contributed by atoms with Crippen LogP contribution in [0.4, 0.5) is 0 Å². The number of aryl methyl sites for hydroxylation is 2. The van der Waals surface area contributed by atoms with Gasteiger partial charge < -0.3 is 4.42 Å². The first kappa shape index (κ1) is 12.6. The smallest absolute Gasteiger partial charge is 0.272 e. The first-order valence-electron chi connectivity index (χ1n) is 5.66. The zero-order valence-electron chi connectivity index (χ0n) is 10.3. The van der Waals surface area contributed by atoms with Crippen LogP contribution >= 0.6 is 11.3 Å². The van der Waals surface area contributed by atoms with E-state index in [1.807, 2.05) is 24.4 Å². The molecular weight excluding hydrogens is 248 g/mol. The Bertz CT molecular complexity index is 569. The number of nitrogens with zero attached hydrogens (tertiary/aromatic N) is 1. The van der Waals surface area contributed by atoms with Crippen molar-refractivity contribution in [3.8, 4) is 0 Å². The number of nitrogens with one attached hydrogen (secondary N) is 1. The third-order valence-corrected chi connectivity index (χ3v) is 3.46. The molecule has 0 aliphatic rings. The second kappa shape index (κ2) is 5.64. The highest BCUT2D eigenvalue weighted by Gasteiger charge is 2.06. The molecule has 0 radical (unpaired) electrons. The average Bonchev–Trinajstić information content (AvgIpc) is 2.98. The van der Waals surface area contributed by atoms with Crippen molar-refractivity contribution in [2.75, 3.05) is 0 Å². The summed E-state index contributed by atoms with van der Waals surface area (Å²) < 4.78 is 5.29. The molecule has 0 aliphatic heterocycles. The van der Waals surface area contributed by atoms with Gasteiger partial charge in [0.2, 0.25) is 0 Å². The number of carbonyl (C=O) groups excluding carboxylic acids is 1. The second-order valence-electron chi connectivity index (χ2n) is 3.80. The lowest BCUT2D eigenvalue weighted by molar-refractivity contribution is 0.0955.